The smallest absolute Gasteiger partial charge is 0.306 e. The Morgan fingerprint density at radius 2 is 2.38 bits per heavy atom. The van der Waals surface area contributed by atoms with Gasteiger partial charge in [-0.3, -0.25) is 4.79 Å². The van der Waals surface area contributed by atoms with Crippen molar-refractivity contribution >= 4 is 5.97 Å². The van der Waals surface area contributed by atoms with Gasteiger partial charge in [-0.15, -0.1) is 5.10 Å². The Balaban J connectivity index is 2.12. The lowest BCUT2D eigenvalue weighted by molar-refractivity contribution is -0.142. The summed E-state index contributed by atoms with van der Waals surface area (Å²) in [5.41, 5.74) is 0. The summed E-state index contributed by atoms with van der Waals surface area (Å²) in [6, 6.07) is 0. The molecule has 1 aromatic rings. The minimum Gasteiger partial charge on any atom is -0.481 e. The Hall–Kier alpha value is -1.46. The van der Waals surface area contributed by atoms with E-state index >= 15 is 0 Å². The summed E-state index contributed by atoms with van der Waals surface area (Å²) >= 11 is 0. The second kappa shape index (κ2) is 3.12. The highest BCUT2D eigenvalue weighted by Crippen LogP contribution is 2.17. The summed E-state index contributed by atoms with van der Waals surface area (Å²) < 4.78 is 1.68. The van der Waals surface area contributed by atoms with Gasteiger partial charge in [0.1, 0.15) is 0 Å². The van der Waals surface area contributed by atoms with Crippen LogP contribution in [0.4, 0.5) is 0 Å². The normalized spacial score (nSPS) is 22.0. The third-order valence-corrected chi connectivity index (χ3v) is 2.36. The third-order valence-electron chi connectivity index (χ3n) is 2.36. The van der Waals surface area contributed by atoms with Gasteiger partial charge >= 0.3 is 5.97 Å². The van der Waals surface area contributed by atoms with Crippen LogP contribution in [0.3, 0.4) is 0 Å². The number of hydrogen-bond donors (Lipinski definition) is 1. The molecule has 0 fully saturated rings. The number of fused-ring (bicyclic) bond motifs is 1. The fourth-order valence-electron chi connectivity index (χ4n) is 1.55. The fourth-order valence-corrected chi connectivity index (χ4v) is 1.55. The Morgan fingerprint density at radius 1 is 1.54 bits per heavy atom. The first-order chi connectivity index (χ1) is 6.27. The van der Waals surface area contributed by atoms with E-state index in [9.17, 15) is 4.79 Å². The molecule has 1 aliphatic rings. The molecule has 0 saturated heterocycles. The van der Waals surface area contributed by atoms with Gasteiger partial charge in [0, 0.05) is 13.0 Å². The van der Waals surface area contributed by atoms with Gasteiger partial charge in [0.05, 0.1) is 5.92 Å². The van der Waals surface area contributed by atoms with Crippen LogP contribution >= 0.6 is 0 Å². The first-order valence-electron chi connectivity index (χ1n) is 4.25. The van der Waals surface area contributed by atoms with Crippen LogP contribution in [-0.2, 0) is 17.8 Å². The average molecular weight is 182 g/mol. The van der Waals surface area contributed by atoms with Gasteiger partial charge in [-0.2, -0.15) is 0 Å². The van der Waals surface area contributed by atoms with Crippen LogP contribution in [-0.4, -0.2) is 31.3 Å². The fraction of sp³-hybridized carbons (Fsp3) is 0.714. The summed E-state index contributed by atoms with van der Waals surface area (Å²) in [6.07, 6.45) is 1.91. The molecule has 70 valence electrons. The highest BCUT2D eigenvalue weighted by Gasteiger charge is 2.22. The molecule has 0 radical (unpaired) electrons. The maximum absolute atomic E-state index is 10.7. The minimum absolute atomic E-state index is 0.261. The monoisotopic (exact) mass is 182 g/mol. The molecule has 2 rings (SSSR count). The zero-order valence-corrected chi connectivity index (χ0v) is 7.05. The van der Waals surface area contributed by atoms with E-state index in [1.807, 2.05) is 0 Å². The van der Waals surface area contributed by atoms with E-state index in [0.717, 1.165) is 5.82 Å². The van der Waals surface area contributed by atoms with Crippen LogP contribution in [0, 0.1) is 5.92 Å². The SMILES string of the molecule is O=C(O)C1CCc2nnnn2CC1. The van der Waals surface area contributed by atoms with Crippen molar-refractivity contribution in [3.8, 4) is 0 Å². The molecule has 0 aromatic carbocycles. The molecule has 2 heterocycles. The van der Waals surface area contributed by atoms with Crippen molar-refractivity contribution in [3.05, 3.63) is 5.82 Å². The third kappa shape index (κ3) is 1.51. The maximum Gasteiger partial charge on any atom is 0.306 e. The van der Waals surface area contributed by atoms with Gasteiger partial charge in [0.15, 0.2) is 5.82 Å². The summed E-state index contributed by atoms with van der Waals surface area (Å²) in [4.78, 5) is 10.7. The molecule has 6 nitrogen and oxygen atoms in total. The number of carbonyl (C=O) groups is 1. The van der Waals surface area contributed by atoms with Crippen molar-refractivity contribution in [2.75, 3.05) is 0 Å². The zero-order valence-electron chi connectivity index (χ0n) is 7.05. The molecule has 0 saturated carbocycles. The largest absolute Gasteiger partial charge is 0.481 e. The highest BCUT2D eigenvalue weighted by atomic mass is 16.4. The molecule has 1 aliphatic heterocycles. The van der Waals surface area contributed by atoms with Crippen LogP contribution in [0.15, 0.2) is 0 Å². The number of hydrogen-bond acceptors (Lipinski definition) is 4. The molecular formula is C7H10N4O2. The van der Waals surface area contributed by atoms with Gasteiger partial charge in [-0.05, 0) is 23.3 Å². The summed E-state index contributed by atoms with van der Waals surface area (Å²) in [5.74, 6) is -0.189. The lowest BCUT2D eigenvalue weighted by atomic mass is 10.0. The number of tetrazole rings is 1. The van der Waals surface area contributed by atoms with Gasteiger partial charge in [-0.1, -0.05) is 0 Å². The molecule has 6 heteroatoms. The van der Waals surface area contributed by atoms with Crippen molar-refractivity contribution < 1.29 is 9.90 Å². The molecular weight excluding hydrogens is 172 g/mol. The lowest BCUT2D eigenvalue weighted by Crippen LogP contribution is -2.14. The number of nitrogens with zero attached hydrogens (tertiary/aromatic N) is 4. The van der Waals surface area contributed by atoms with Gasteiger partial charge in [-0.25, -0.2) is 4.68 Å². The van der Waals surface area contributed by atoms with Crippen molar-refractivity contribution in [2.24, 2.45) is 5.92 Å². The highest BCUT2D eigenvalue weighted by molar-refractivity contribution is 5.69. The zero-order chi connectivity index (χ0) is 9.26. The number of carboxylic acid groups (broad SMARTS) is 1. The average Bonchev–Trinajstić information content (AvgIpc) is 2.44. The molecule has 13 heavy (non-hydrogen) atoms. The molecule has 1 atom stereocenters. The van der Waals surface area contributed by atoms with Crippen molar-refractivity contribution in [3.63, 3.8) is 0 Å². The lowest BCUT2D eigenvalue weighted by Gasteiger charge is -2.05. The molecule has 0 spiro atoms. The number of aromatic nitrogens is 4. The second-order valence-corrected chi connectivity index (χ2v) is 3.18. The van der Waals surface area contributed by atoms with Crippen LogP contribution in [0.25, 0.3) is 0 Å². The molecule has 0 amide bonds. The Labute approximate surface area is 74.6 Å². The van der Waals surface area contributed by atoms with Crippen LogP contribution in [0.5, 0.6) is 0 Å². The molecule has 0 bridgehead atoms. The first-order valence-corrected chi connectivity index (χ1v) is 4.25. The van der Waals surface area contributed by atoms with Gasteiger partial charge in [0.2, 0.25) is 0 Å². The van der Waals surface area contributed by atoms with Gasteiger partial charge < -0.3 is 5.11 Å². The predicted molar refractivity (Wildman–Crippen MR) is 41.9 cm³/mol. The number of carboxylic acids is 1. The van der Waals surface area contributed by atoms with Gasteiger partial charge in [0.25, 0.3) is 0 Å². The van der Waals surface area contributed by atoms with E-state index < -0.39 is 5.97 Å². The molecule has 0 aliphatic carbocycles. The number of aliphatic carboxylic acids is 1. The molecule has 1 N–H and O–H groups in total. The predicted octanol–water partition coefficient (Wildman–Crippen LogP) is -0.290. The topological polar surface area (TPSA) is 80.9 Å². The summed E-state index contributed by atoms with van der Waals surface area (Å²) in [5, 5.41) is 19.9. The first kappa shape index (κ1) is 8.15. The van der Waals surface area contributed by atoms with Crippen LogP contribution in [0.1, 0.15) is 18.7 Å². The van der Waals surface area contributed by atoms with E-state index in [2.05, 4.69) is 15.5 Å². The quantitative estimate of drug-likeness (QED) is 0.645. The minimum atomic E-state index is -0.723. The summed E-state index contributed by atoms with van der Waals surface area (Å²) in [6.45, 7) is 0.610. The maximum atomic E-state index is 10.7. The van der Waals surface area contributed by atoms with Crippen LogP contribution < -0.4 is 0 Å². The molecule has 1 aromatic heterocycles. The number of rotatable bonds is 1. The van der Waals surface area contributed by atoms with Crippen LogP contribution in [0.2, 0.25) is 0 Å². The Morgan fingerprint density at radius 3 is 3.15 bits per heavy atom. The second-order valence-electron chi connectivity index (χ2n) is 3.18. The summed E-state index contributed by atoms with van der Waals surface area (Å²) in [7, 11) is 0. The van der Waals surface area contributed by atoms with E-state index in [4.69, 9.17) is 5.11 Å². The van der Waals surface area contributed by atoms with Crippen molar-refractivity contribution in [2.45, 2.75) is 25.8 Å². The van der Waals surface area contributed by atoms with E-state index in [-0.39, 0.29) is 5.92 Å². The molecule has 1 unspecified atom stereocenters. The standard InChI is InChI=1S/C7H10N4O2/c12-7(13)5-1-2-6-8-9-10-11(6)4-3-5/h5H,1-4H2,(H,12,13). The number of aryl methyl sites for hydroxylation is 2. The Bertz CT molecular complexity index is 300. The van der Waals surface area contributed by atoms with E-state index in [1.165, 1.54) is 0 Å². The van der Waals surface area contributed by atoms with Crippen molar-refractivity contribution in [1.29, 1.82) is 0 Å². The van der Waals surface area contributed by atoms with E-state index in [0.29, 0.717) is 25.8 Å². The van der Waals surface area contributed by atoms with E-state index in [1.54, 1.807) is 4.68 Å². The van der Waals surface area contributed by atoms with Crippen molar-refractivity contribution in [1.82, 2.24) is 20.2 Å². The Kier molecular flexibility index (Phi) is 1.96.